The van der Waals surface area contributed by atoms with E-state index >= 15 is 0 Å². The van der Waals surface area contributed by atoms with Gasteiger partial charge in [-0.1, -0.05) is 13.0 Å². The van der Waals surface area contributed by atoms with Crippen LogP contribution >= 0.6 is 0 Å². The molecule has 3 heteroatoms. The Labute approximate surface area is 121 Å². The van der Waals surface area contributed by atoms with Crippen LogP contribution in [0.2, 0.25) is 0 Å². The van der Waals surface area contributed by atoms with Gasteiger partial charge in [-0.05, 0) is 63.5 Å². The average Bonchev–Trinajstić information content (AvgIpc) is 2.41. The summed E-state index contributed by atoms with van der Waals surface area (Å²) < 4.78 is 10.8. The second kappa shape index (κ2) is 7.73. The Morgan fingerprint density at radius 3 is 2.60 bits per heavy atom. The van der Waals surface area contributed by atoms with Gasteiger partial charge in [0.15, 0.2) is 0 Å². The van der Waals surface area contributed by atoms with Gasteiger partial charge in [0.25, 0.3) is 0 Å². The van der Waals surface area contributed by atoms with Crippen LogP contribution < -0.4 is 4.74 Å². The molecule has 1 unspecified atom stereocenters. The molecule has 0 N–H and O–H groups in total. The summed E-state index contributed by atoms with van der Waals surface area (Å²) in [6.45, 7) is 10.1. The molecule has 0 radical (unpaired) electrons. The van der Waals surface area contributed by atoms with Gasteiger partial charge in [0.2, 0.25) is 0 Å². The van der Waals surface area contributed by atoms with Crippen LogP contribution in [0, 0.1) is 6.92 Å². The Kier molecular flexibility index (Phi) is 6.29. The van der Waals surface area contributed by atoms with Gasteiger partial charge in [-0.25, -0.2) is 4.79 Å². The Hall–Kier alpha value is -1.77. The van der Waals surface area contributed by atoms with Crippen LogP contribution in [-0.4, -0.2) is 18.7 Å². The average molecular weight is 276 g/mol. The maximum absolute atomic E-state index is 11.6. The zero-order valence-corrected chi connectivity index (χ0v) is 13.0. The third-order valence-corrected chi connectivity index (χ3v) is 3.12. The third-order valence-electron chi connectivity index (χ3n) is 3.12. The molecule has 0 aliphatic heterocycles. The Balaban J connectivity index is 2.88. The summed E-state index contributed by atoms with van der Waals surface area (Å²) in [6.07, 6.45) is 3.03. The highest BCUT2D eigenvalue weighted by Crippen LogP contribution is 2.21. The van der Waals surface area contributed by atoms with Crippen molar-refractivity contribution in [3.05, 3.63) is 34.9 Å². The second-order valence-electron chi connectivity index (χ2n) is 4.90. The van der Waals surface area contributed by atoms with Crippen molar-refractivity contribution in [2.75, 3.05) is 6.61 Å². The predicted molar refractivity (Wildman–Crippen MR) is 81.8 cm³/mol. The lowest BCUT2D eigenvalue weighted by molar-refractivity contribution is -0.138. The molecular weight excluding hydrogens is 252 g/mol. The molecule has 0 heterocycles. The van der Waals surface area contributed by atoms with Gasteiger partial charge in [-0.2, -0.15) is 0 Å². The molecule has 0 aromatic heterocycles. The smallest absolute Gasteiger partial charge is 0.333 e. The van der Waals surface area contributed by atoms with E-state index in [0.717, 1.165) is 23.3 Å². The van der Waals surface area contributed by atoms with E-state index in [-0.39, 0.29) is 12.1 Å². The van der Waals surface area contributed by atoms with Crippen molar-refractivity contribution < 1.29 is 14.3 Å². The summed E-state index contributed by atoms with van der Waals surface area (Å²) in [5, 5.41) is 0. The highest BCUT2D eigenvalue weighted by molar-refractivity contribution is 5.93. The topological polar surface area (TPSA) is 35.5 Å². The molecule has 1 atom stereocenters. The molecule has 0 saturated heterocycles. The fourth-order valence-electron chi connectivity index (χ4n) is 1.74. The van der Waals surface area contributed by atoms with Crippen molar-refractivity contribution in [2.24, 2.45) is 0 Å². The Morgan fingerprint density at radius 1 is 1.35 bits per heavy atom. The molecule has 0 fully saturated rings. The van der Waals surface area contributed by atoms with E-state index in [0.29, 0.717) is 12.2 Å². The fourth-order valence-corrected chi connectivity index (χ4v) is 1.74. The van der Waals surface area contributed by atoms with Gasteiger partial charge < -0.3 is 9.47 Å². The number of esters is 1. The minimum absolute atomic E-state index is 0.206. The lowest BCUT2D eigenvalue weighted by atomic mass is 10.1. The standard InChI is InChI=1S/C17H24O3/c1-6-14(5)20-16-9-8-15(12(3)11-16)10-13(4)17(18)19-7-2/h8-11,14H,6-7H2,1-5H3/b13-10+. The number of benzene rings is 1. The summed E-state index contributed by atoms with van der Waals surface area (Å²) in [5.74, 6) is 0.592. The zero-order valence-electron chi connectivity index (χ0n) is 13.0. The van der Waals surface area contributed by atoms with Gasteiger partial charge in [-0.3, -0.25) is 0 Å². The molecule has 1 aromatic rings. The summed E-state index contributed by atoms with van der Waals surface area (Å²) in [4.78, 5) is 11.6. The lowest BCUT2D eigenvalue weighted by Gasteiger charge is -2.14. The van der Waals surface area contributed by atoms with Crippen LogP contribution in [0.15, 0.2) is 23.8 Å². The van der Waals surface area contributed by atoms with E-state index in [4.69, 9.17) is 9.47 Å². The SMILES string of the molecule is CCOC(=O)/C(C)=C/c1ccc(OC(C)CC)cc1C. The molecule has 0 aliphatic rings. The summed E-state index contributed by atoms with van der Waals surface area (Å²) in [6, 6.07) is 5.90. The monoisotopic (exact) mass is 276 g/mol. The van der Waals surface area contributed by atoms with Crippen molar-refractivity contribution in [3.8, 4) is 5.75 Å². The van der Waals surface area contributed by atoms with Crippen molar-refractivity contribution in [3.63, 3.8) is 0 Å². The highest BCUT2D eigenvalue weighted by atomic mass is 16.5. The van der Waals surface area contributed by atoms with E-state index in [2.05, 4.69) is 6.92 Å². The molecule has 110 valence electrons. The third kappa shape index (κ3) is 4.72. The van der Waals surface area contributed by atoms with E-state index in [1.54, 1.807) is 13.8 Å². The first-order valence-corrected chi connectivity index (χ1v) is 7.10. The number of rotatable bonds is 6. The van der Waals surface area contributed by atoms with Crippen molar-refractivity contribution >= 4 is 12.0 Å². The largest absolute Gasteiger partial charge is 0.491 e. The maximum atomic E-state index is 11.6. The molecule has 1 rings (SSSR count). The van der Waals surface area contributed by atoms with Crippen LogP contribution in [0.25, 0.3) is 6.08 Å². The molecule has 0 spiro atoms. The number of aryl methyl sites for hydroxylation is 1. The zero-order chi connectivity index (χ0) is 15.1. The second-order valence-corrected chi connectivity index (χ2v) is 4.90. The summed E-state index contributed by atoms with van der Waals surface area (Å²) in [5.41, 5.74) is 2.69. The van der Waals surface area contributed by atoms with Crippen molar-refractivity contribution in [1.82, 2.24) is 0 Å². The fraction of sp³-hybridized carbons (Fsp3) is 0.471. The lowest BCUT2D eigenvalue weighted by Crippen LogP contribution is -2.09. The van der Waals surface area contributed by atoms with Crippen molar-refractivity contribution in [1.29, 1.82) is 0 Å². The highest BCUT2D eigenvalue weighted by Gasteiger charge is 2.07. The minimum atomic E-state index is -0.271. The van der Waals surface area contributed by atoms with Gasteiger partial charge in [0.05, 0.1) is 12.7 Å². The molecule has 0 aliphatic carbocycles. The Bertz CT molecular complexity index is 489. The molecule has 0 amide bonds. The first kappa shape index (κ1) is 16.3. The Morgan fingerprint density at radius 2 is 2.05 bits per heavy atom. The quantitative estimate of drug-likeness (QED) is 0.578. The first-order chi connectivity index (χ1) is 9.47. The molecular formula is C17H24O3. The number of ether oxygens (including phenoxy) is 2. The van der Waals surface area contributed by atoms with Crippen LogP contribution in [0.4, 0.5) is 0 Å². The van der Waals surface area contributed by atoms with Crippen LogP contribution in [0.5, 0.6) is 5.75 Å². The summed E-state index contributed by atoms with van der Waals surface area (Å²) >= 11 is 0. The van der Waals surface area contributed by atoms with E-state index in [9.17, 15) is 4.79 Å². The van der Waals surface area contributed by atoms with Gasteiger partial charge >= 0.3 is 5.97 Å². The molecule has 0 saturated carbocycles. The molecule has 0 bridgehead atoms. The summed E-state index contributed by atoms with van der Waals surface area (Å²) in [7, 11) is 0. The number of carbonyl (C=O) groups excluding carboxylic acids is 1. The molecule has 3 nitrogen and oxygen atoms in total. The van der Waals surface area contributed by atoms with Crippen LogP contribution in [0.3, 0.4) is 0 Å². The number of hydrogen-bond acceptors (Lipinski definition) is 3. The minimum Gasteiger partial charge on any atom is -0.491 e. The van der Waals surface area contributed by atoms with Crippen LogP contribution in [0.1, 0.15) is 45.2 Å². The van der Waals surface area contributed by atoms with Gasteiger partial charge in [-0.15, -0.1) is 0 Å². The normalized spacial score (nSPS) is 12.9. The first-order valence-electron chi connectivity index (χ1n) is 7.10. The van der Waals surface area contributed by atoms with Gasteiger partial charge in [0.1, 0.15) is 5.75 Å². The van der Waals surface area contributed by atoms with E-state index < -0.39 is 0 Å². The van der Waals surface area contributed by atoms with Gasteiger partial charge in [0, 0.05) is 5.57 Å². The van der Waals surface area contributed by atoms with E-state index in [1.165, 1.54) is 0 Å². The van der Waals surface area contributed by atoms with E-state index in [1.807, 2.05) is 38.1 Å². The molecule has 1 aromatic carbocycles. The molecule has 20 heavy (non-hydrogen) atoms. The number of hydrogen-bond donors (Lipinski definition) is 0. The van der Waals surface area contributed by atoms with Crippen LogP contribution in [-0.2, 0) is 9.53 Å². The predicted octanol–water partition coefficient (Wildman–Crippen LogP) is 4.14. The number of carbonyl (C=O) groups is 1. The maximum Gasteiger partial charge on any atom is 0.333 e. The van der Waals surface area contributed by atoms with Crippen molar-refractivity contribution in [2.45, 2.75) is 47.1 Å².